The summed E-state index contributed by atoms with van der Waals surface area (Å²) in [5, 5.41) is 7.12. The number of likely N-dealkylation sites (tertiary alicyclic amines) is 2. The average Bonchev–Trinajstić information content (AvgIpc) is 2.75. The van der Waals surface area contributed by atoms with Crippen molar-refractivity contribution < 1.29 is 32.6 Å². The lowest BCUT2D eigenvalue weighted by molar-refractivity contribution is -0.192. The van der Waals surface area contributed by atoms with Gasteiger partial charge >= 0.3 is 12.1 Å². The number of aromatic nitrogens is 1. The molecule has 2 aliphatic heterocycles. The van der Waals surface area contributed by atoms with Crippen molar-refractivity contribution >= 4 is 11.9 Å². The molecule has 10 heteroatoms. The topological polar surface area (TPSA) is 83.0 Å². The van der Waals surface area contributed by atoms with Crippen LogP contribution in [-0.4, -0.2) is 77.3 Å². The Labute approximate surface area is 180 Å². The Morgan fingerprint density at radius 3 is 2.19 bits per heavy atom. The largest absolute Gasteiger partial charge is 0.490 e. The van der Waals surface area contributed by atoms with Crippen LogP contribution in [0.25, 0.3) is 0 Å². The maximum absolute atomic E-state index is 12.1. The van der Waals surface area contributed by atoms with E-state index in [9.17, 15) is 18.0 Å². The Hall–Kier alpha value is -2.20. The van der Waals surface area contributed by atoms with Crippen LogP contribution in [0.1, 0.15) is 38.3 Å². The SMILES string of the molecule is CCOCC(=O)N1CCC2(CCN(Cc3ccccn3)CC2)CC1.O=C(O)C(F)(F)F. The molecule has 1 spiro atoms. The number of nitrogens with zero attached hydrogens (tertiary/aromatic N) is 3. The van der Waals surface area contributed by atoms with Crippen LogP contribution < -0.4 is 0 Å². The maximum atomic E-state index is 12.1. The first-order chi connectivity index (χ1) is 14.6. The number of hydrogen-bond acceptors (Lipinski definition) is 5. The Morgan fingerprint density at radius 1 is 1.13 bits per heavy atom. The monoisotopic (exact) mass is 445 g/mol. The lowest BCUT2D eigenvalue weighted by Crippen LogP contribution is -2.48. The summed E-state index contributed by atoms with van der Waals surface area (Å²) in [7, 11) is 0. The first-order valence-corrected chi connectivity index (χ1v) is 10.4. The van der Waals surface area contributed by atoms with E-state index in [0.717, 1.165) is 51.3 Å². The highest BCUT2D eigenvalue weighted by Crippen LogP contribution is 2.41. The van der Waals surface area contributed by atoms with Crippen molar-refractivity contribution in [2.45, 2.75) is 45.3 Å². The van der Waals surface area contributed by atoms with Gasteiger partial charge in [0.2, 0.25) is 5.91 Å². The number of carbonyl (C=O) groups is 2. The fourth-order valence-electron chi connectivity index (χ4n) is 3.92. The van der Waals surface area contributed by atoms with Crippen LogP contribution in [0.15, 0.2) is 24.4 Å². The molecule has 7 nitrogen and oxygen atoms in total. The highest BCUT2D eigenvalue weighted by atomic mass is 19.4. The number of ether oxygens (including phenoxy) is 1. The van der Waals surface area contributed by atoms with Crippen molar-refractivity contribution in [1.29, 1.82) is 0 Å². The van der Waals surface area contributed by atoms with E-state index in [1.165, 1.54) is 12.8 Å². The van der Waals surface area contributed by atoms with Gasteiger partial charge in [0.1, 0.15) is 6.61 Å². The number of aliphatic carboxylic acids is 1. The third-order valence-electron chi connectivity index (χ3n) is 5.88. The summed E-state index contributed by atoms with van der Waals surface area (Å²) in [5.41, 5.74) is 1.60. The lowest BCUT2D eigenvalue weighted by Gasteiger charge is -2.46. The molecule has 0 aromatic carbocycles. The fourth-order valence-corrected chi connectivity index (χ4v) is 3.92. The zero-order valence-corrected chi connectivity index (χ0v) is 17.7. The van der Waals surface area contributed by atoms with Gasteiger partial charge in [-0.05, 0) is 63.2 Å². The molecule has 0 aliphatic carbocycles. The van der Waals surface area contributed by atoms with Crippen molar-refractivity contribution in [3.63, 3.8) is 0 Å². The minimum absolute atomic E-state index is 0.152. The van der Waals surface area contributed by atoms with Gasteiger partial charge in [0.25, 0.3) is 0 Å². The minimum Gasteiger partial charge on any atom is -0.475 e. The number of alkyl halides is 3. The van der Waals surface area contributed by atoms with Gasteiger partial charge in [-0.25, -0.2) is 4.79 Å². The predicted octanol–water partition coefficient (Wildman–Crippen LogP) is 2.96. The van der Waals surface area contributed by atoms with E-state index in [4.69, 9.17) is 14.6 Å². The molecule has 1 aromatic rings. The number of carboxylic acid groups (broad SMARTS) is 1. The molecule has 2 aliphatic rings. The zero-order chi connectivity index (χ0) is 22.9. The predicted molar refractivity (Wildman–Crippen MR) is 107 cm³/mol. The summed E-state index contributed by atoms with van der Waals surface area (Å²) in [4.78, 5) is 29.9. The zero-order valence-electron chi connectivity index (χ0n) is 17.7. The number of halogens is 3. The molecule has 3 rings (SSSR count). The number of hydrogen-bond donors (Lipinski definition) is 1. The molecule has 174 valence electrons. The third-order valence-corrected chi connectivity index (χ3v) is 5.88. The molecule has 31 heavy (non-hydrogen) atoms. The Bertz CT molecular complexity index is 698. The quantitative estimate of drug-likeness (QED) is 0.751. The molecular formula is C21H30F3N3O4. The van der Waals surface area contributed by atoms with Crippen LogP contribution in [0.2, 0.25) is 0 Å². The van der Waals surface area contributed by atoms with E-state index < -0.39 is 12.1 Å². The highest BCUT2D eigenvalue weighted by Gasteiger charge is 2.39. The van der Waals surface area contributed by atoms with E-state index in [2.05, 4.69) is 22.0 Å². The second-order valence-corrected chi connectivity index (χ2v) is 7.92. The molecular weight excluding hydrogens is 415 g/mol. The molecule has 0 radical (unpaired) electrons. The minimum atomic E-state index is -5.08. The number of carbonyl (C=O) groups excluding carboxylic acids is 1. The first-order valence-electron chi connectivity index (χ1n) is 10.4. The van der Waals surface area contributed by atoms with Crippen LogP contribution in [0, 0.1) is 5.41 Å². The second kappa shape index (κ2) is 11.4. The van der Waals surface area contributed by atoms with Crippen LogP contribution in [-0.2, 0) is 20.9 Å². The van der Waals surface area contributed by atoms with Crippen molar-refractivity contribution in [3.05, 3.63) is 30.1 Å². The summed E-state index contributed by atoms with van der Waals surface area (Å²) in [6.45, 7) is 7.80. The molecule has 2 saturated heterocycles. The Balaban J connectivity index is 0.000000423. The van der Waals surface area contributed by atoms with Gasteiger partial charge in [-0.2, -0.15) is 13.2 Å². The summed E-state index contributed by atoms with van der Waals surface area (Å²) < 4.78 is 37.0. The van der Waals surface area contributed by atoms with Crippen LogP contribution in [0.3, 0.4) is 0 Å². The average molecular weight is 445 g/mol. The van der Waals surface area contributed by atoms with Gasteiger partial charge in [-0.1, -0.05) is 6.07 Å². The smallest absolute Gasteiger partial charge is 0.475 e. The number of piperidine rings is 2. The Morgan fingerprint density at radius 2 is 1.71 bits per heavy atom. The van der Waals surface area contributed by atoms with Gasteiger partial charge in [0.15, 0.2) is 0 Å². The maximum Gasteiger partial charge on any atom is 0.490 e. The fraction of sp³-hybridized carbons (Fsp3) is 0.667. The number of amides is 1. The Kier molecular flexibility index (Phi) is 9.24. The molecule has 1 aromatic heterocycles. The van der Waals surface area contributed by atoms with Gasteiger partial charge in [0.05, 0.1) is 5.69 Å². The molecule has 1 N–H and O–H groups in total. The number of rotatable bonds is 5. The van der Waals surface area contributed by atoms with Crippen molar-refractivity contribution in [1.82, 2.24) is 14.8 Å². The summed E-state index contributed by atoms with van der Waals surface area (Å²) in [6, 6.07) is 6.13. The first kappa shape index (κ1) is 25.1. The molecule has 2 fully saturated rings. The van der Waals surface area contributed by atoms with Gasteiger partial charge in [-0.15, -0.1) is 0 Å². The summed E-state index contributed by atoms with van der Waals surface area (Å²) >= 11 is 0. The van der Waals surface area contributed by atoms with Gasteiger partial charge in [0, 0.05) is 32.4 Å². The molecule has 0 bridgehead atoms. The van der Waals surface area contributed by atoms with Crippen LogP contribution in [0.4, 0.5) is 13.2 Å². The molecule has 0 saturated carbocycles. The molecule has 0 atom stereocenters. The van der Waals surface area contributed by atoms with E-state index in [-0.39, 0.29) is 12.5 Å². The van der Waals surface area contributed by atoms with Crippen molar-refractivity contribution in [3.8, 4) is 0 Å². The van der Waals surface area contributed by atoms with E-state index >= 15 is 0 Å². The molecule has 1 amide bonds. The lowest BCUT2D eigenvalue weighted by atomic mass is 9.71. The van der Waals surface area contributed by atoms with Gasteiger partial charge < -0.3 is 14.7 Å². The van der Waals surface area contributed by atoms with E-state index in [1.54, 1.807) is 0 Å². The van der Waals surface area contributed by atoms with E-state index in [0.29, 0.717) is 12.0 Å². The third kappa shape index (κ3) is 8.10. The number of carboxylic acids is 1. The molecule has 0 unspecified atom stereocenters. The molecule has 3 heterocycles. The normalized spacial score (nSPS) is 18.9. The van der Waals surface area contributed by atoms with Crippen molar-refractivity contribution in [2.75, 3.05) is 39.4 Å². The van der Waals surface area contributed by atoms with Crippen molar-refractivity contribution in [2.24, 2.45) is 5.41 Å². The standard InChI is InChI=1S/C19H29N3O2.C2HF3O2/c1-2-24-16-18(23)22-13-8-19(9-14-22)6-11-21(12-7-19)15-17-5-3-4-10-20-17;3-2(4,5)1(6)7/h3-5,10H,2,6-9,11-16H2,1H3;(H,6,7). The van der Waals surface area contributed by atoms with E-state index in [1.807, 2.05) is 24.1 Å². The van der Waals surface area contributed by atoms with Crippen LogP contribution >= 0.6 is 0 Å². The number of pyridine rings is 1. The van der Waals surface area contributed by atoms with Crippen LogP contribution in [0.5, 0.6) is 0 Å². The highest BCUT2D eigenvalue weighted by molar-refractivity contribution is 5.77. The second-order valence-electron chi connectivity index (χ2n) is 7.92. The van der Waals surface area contributed by atoms with Gasteiger partial charge in [-0.3, -0.25) is 14.7 Å². The summed E-state index contributed by atoms with van der Waals surface area (Å²) in [6.07, 6.45) is 1.56. The summed E-state index contributed by atoms with van der Waals surface area (Å²) in [5.74, 6) is -2.60.